The van der Waals surface area contributed by atoms with Crippen LogP contribution in [0, 0.1) is 22.6 Å². The summed E-state index contributed by atoms with van der Waals surface area (Å²) in [4.78, 5) is 13.7. The molecule has 0 bridgehead atoms. The van der Waals surface area contributed by atoms with Crippen LogP contribution in [0.5, 0.6) is 0 Å². The fraction of sp³-hybridized carbons (Fsp3) is 0.615. The van der Waals surface area contributed by atoms with Gasteiger partial charge < -0.3 is 29.1 Å². The largest absolute Gasteiger partial charge is 0.444 e. The molecule has 0 amide bonds. The Bertz CT molecular complexity index is 471. The van der Waals surface area contributed by atoms with Gasteiger partial charge in [-0.05, 0) is 4.92 Å². The minimum Gasteiger partial charge on any atom is -0.444 e. The van der Waals surface area contributed by atoms with Gasteiger partial charge in [0.1, 0.15) is 25.1 Å². The summed E-state index contributed by atoms with van der Waals surface area (Å²) in [6, 6.07) is 0. The van der Waals surface area contributed by atoms with E-state index in [-0.39, 0.29) is 5.95 Å². The van der Waals surface area contributed by atoms with E-state index in [2.05, 4.69) is 9.72 Å². The van der Waals surface area contributed by atoms with Crippen molar-refractivity contribution in [3.05, 3.63) is 22.5 Å². The summed E-state index contributed by atoms with van der Waals surface area (Å²) >= 11 is 0. The summed E-state index contributed by atoms with van der Waals surface area (Å²) in [5.41, 5.74) is 0. The number of imidazole rings is 1. The molecule has 0 fully saturated rings. The molecule has 0 aliphatic carbocycles. The average molecular weight is 313 g/mol. The first-order chi connectivity index (χ1) is 10.8. The van der Waals surface area contributed by atoms with Gasteiger partial charge in [0.2, 0.25) is 0 Å². The summed E-state index contributed by atoms with van der Waals surface area (Å²) in [7, 11) is 0. The molecule has 1 rings (SSSR count). The van der Waals surface area contributed by atoms with Crippen molar-refractivity contribution in [3.8, 4) is 12.5 Å². The molecule has 9 heteroatoms. The van der Waals surface area contributed by atoms with Crippen molar-refractivity contribution in [3.63, 3.8) is 0 Å². The highest BCUT2D eigenvalue weighted by Crippen LogP contribution is 2.06. The van der Waals surface area contributed by atoms with Crippen LogP contribution in [0.3, 0.4) is 0 Å². The Morgan fingerprint density at radius 3 is 2.32 bits per heavy atom. The number of nitrogens with zero attached hydrogens (tertiary/aromatic N) is 3. The predicted octanol–water partition coefficient (Wildman–Crippen LogP) is 0.448. The van der Waals surface area contributed by atoms with E-state index in [1.165, 1.54) is 10.8 Å². The number of hydrogen-bond donors (Lipinski definition) is 0. The van der Waals surface area contributed by atoms with Gasteiger partial charge in [-0.2, -0.15) is 0 Å². The zero-order chi connectivity index (χ0) is 16.0. The molecule has 0 aliphatic rings. The van der Waals surface area contributed by atoms with E-state index < -0.39 is 4.92 Å². The zero-order valence-corrected chi connectivity index (χ0v) is 12.2. The predicted molar refractivity (Wildman–Crippen MR) is 76.1 cm³/mol. The van der Waals surface area contributed by atoms with Crippen molar-refractivity contribution in [1.82, 2.24) is 9.55 Å². The van der Waals surface area contributed by atoms with E-state index in [0.717, 1.165) is 0 Å². The first kappa shape index (κ1) is 17.9. The van der Waals surface area contributed by atoms with Crippen molar-refractivity contribution < 1.29 is 23.9 Å². The van der Waals surface area contributed by atoms with Gasteiger partial charge in [0.05, 0.1) is 46.2 Å². The van der Waals surface area contributed by atoms with E-state index in [0.29, 0.717) is 52.8 Å². The standard InChI is InChI=1S/C13H19N3O6/c1-2-19-7-8-21-11-12-22-10-9-20-6-5-15-4-3-14-13(15)16(17)18/h1,3-4H,5-12H2. The van der Waals surface area contributed by atoms with E-state index in [4.69, 9.17) is 20.6 Å². The summed E-state index contributed by atoms with van der Waals surface area (Å²) in [6.45, 7) is 3.24. The smallest absolute Gasteiger partial charge is 0.434 e. The summed E-state index contributed by atoms with van der Waals surface area (Å²) in [6.07, 6.45) is 9.87. The Hall–Kier alpha value is -2.15. The maximum Gasteiger partial charge on any atom is 0.434 e. The minimum absolute atomic E-state index is 0.189. The lowest BCUT2D eigenvalue weighted by Gasteiger charge is -2.06. The lowest BCUT2D eigenvalue weighted by atomic mass is 10.6. The van der Waals surface area contributed by atoms with Gasteiger partial charge in [-0.3, -0.25) is 0 Å². The molecule has 1 aromatic rings. The molecule has 1 aromatic heterocycles. The molecule has 0 radical (unpaired) electrons. The van der Waals surface area contributed by atoms with E-state index in [1.807, 2.05) is 6.11 Å². The number of ether oxygens (including phenoxy) is 4. The van der Waals surface area contributed by atoms with Crippen LogP contribution in [0.15, 0.2) is 12.4 Å². The van der Waals surface area contributed by atoms with Crippen LogP contribution in [-0.2, 0) is 25.5 Å². The molecule has 0 saturated heterocycles. The van der Waals surface area contributed by atoms with Crippen LogP contribution in [0.25, 0.3) is 0 Å². The molecule has 0 spiro atoms. The Labute approximate surface area is 128 Å². The van der Waals surface area contributed by atoms with E-state index in [9.17, 15) is 10.1 Å². The number of rotatable bonds is 13. The third-order valence-electron chi connectivity index (χ3n) is 2.49. The lowest BCUT2D eigenvalue weighted by molar-refractivity contribution is -0.396. The average Bonchev–Trinajstić information content (AvgIpc) is 2.97. The lowest BCUT2D eigenvalue weighted by Crippen LogP contribution is -2.13. The van der Waals surface area contributed by atoms with Crippen molar-refractivity contribution >= 4 is 5.95 Å². The number of nitro groups is 1. The van der Waals surface area contributed by atoms with Crippen LogP contribution >= 0.6 is 0 Å². The zero-order valence-electron chi connectivity index (χ0n) is 12.2. The molecule has 0 N–H and O–H groups in total. The Balaban J connectivity index is 1.91. The van der Waals surface area contributed by atoms with Crippen LogP contribution in [-0.4, -0.2) is 60.7 Å². The van der Waals surface area contributed by atoms with Crippen LogP contribution in [0.2, 0.25) is 0 Å². The van der Waals surface area contributed by atoms with Crippen molar-refractivity contribution in [2.45, 2.75) is 6.54 Å². The molecule has 22 heavy (non-hydrogen) atoms. The maximum absolute atomic E-state index is 10.6. The molecule has 9 nitrogen and oxygen atoms in total. The SMILES string of the molecule is C#COCCOCCOCCOCCn1ccnc1[N+](=O)[O-]. The second-order valence-corrected chi connectivity index (χ2v) is 3.98. The second-order valence-electron chi connectivity index (χ2n) is 3.98. The van der Waals surface area contributed by atoms with Gasteiger partial charge in [0.15, 0.2) is 0 Å². The van der Waals surface area contributed by atoms with E-state index >= 15 is 0 Å². The van der Waals surface area contributed by atoms with Gasteiger partial charge in [-0.15, -0.1) is 0 Å². The third kappa shape index (κ3) is 7.58. The third-order valence-corrected chi connectivity index (χ3v) is 2.49. The number of aromatic nitrogens is 2. The normalized spacial score (nSPS) is 10.3. The first-order valence-electron chi connectivity index (χ1n) is 6.72. The second kappa shape index (κ2) is 11.5. The molecule has 0 saturated carbocycles. The molecular weight excluding hydrogens is 294 g/mol. The first-order valence-corrected chi connectivity index (χ1v) is 6.72. The van der Waals surface area contributed by atoms with Gasteiger partial charge in [-0.25, -0.2) is 4.57 Å². The summed E-state index contributed by atoms with van der Waals surface area (Å²) < 4.78 is 21.9. The molecule has 0 unspecified atom stereocenters. The number of hydrogen-bond acceptors (Lipinski definition) is 7. The highest BCUT2D eigenvalue weighted by molar-refractivity contribution is 5.06. The molecule has 0 aromatic carbocycles. The molecule has 122 valence electrons. The van der Waals surface area contributed by atoms with Crippen molar-refractivity contribution in [2.75, 3.05) is 46.2 Å². The van der Waals surface area contributed by atoms with Gasteiger partial charge in [0.25, 0.3) is 0 Å². The van der Waals surface area contributed by atoms with Gasteiger partial charge >= 0.3 is 5.95 Å². The van der Waals surface area contributed by atoms with Crippen LogP contribution in [0.1, 0.15) is 0 Å². The van der Waals surface area contributed by atoms with Gasteiger partial charge in [-0.1, -0.05) is 11.4 Å². The highest BCUT2D eigenvalue weighted by atomic mass is 16.6. The number of terminal acetylenes is 1. The van der Waals surface area contributed by atoms with Crippen molar-refractivity contribution in [1.29, 1.82) is 0 Å². The molecular formula is C13H19N3O6. The van der Waals surface area contributed by atoms with Gasteiger partial charge in [0, 0.05) is 0 Å². The van der Waals surface area contributed by atoms with E-state index in [1.54, 1.807) is 6.20 Å². The molecule has 1 heterocycles. The quantitative estimate of drug-likeness (QED) is 0.226. The Morgan fingerprint density at radius 1 is 1.14 bits per heavy atom. The monoisotopic (exact) mass is 313 g/mol. The molecule has 0 aliphatic heterocycles. The fourth-order valence-corrected chi connectivity index (χ4v) is 1.51. The summed E-state index contributed by atoms with van der Waals surface area (Å²) in [5, 5.41) is 10.6. The fourth-order valence-electron chi connectivity index (χ4n) is 1.51. The Kier molecular flexibility index (Phi) is 9.36. The maximum atomic E-state index is 10.6. The summed E-state index contributed by atoms with van der Waals surface area (Å²) in [5.74, 6) is -0.189. The van der Waals surface area contributed by atoms with Crippen LogP contribution < -0.4 is 0 Å². The molecule has 0 atom stereocenters. The van der Waals surface area contributed by atoms with Crippen LogP contribution in [0.4, 0.5) is 5.95 Å². The highest BCUT2D eigenvalue weighted by Gasteiger charge is 2.12. The van der Waals surface area contributed by atoms with Crippen molar-refractivity contribution in [2.24, 2.45) is 0 Å². The minimum atomic E-state index is -0.530. The topological polar surface area (TPSA) is 97.9 Å². The Morgan fingerprint density at radius 2 is 1.73 bits per heavy atom.